The molecule has 0 aliphatic rings. The first kappa shape index (κ1) is 18.7. The van der Waals surface area contributed by atoms with Gasteiger partial charge in [0.25, 0.3) is 0 Å². The highest BCUT2D eigenvalue weighted by molar-refractivity contribution is 5.95. The minimum absolute atomic E-state index is 0.127. The van der Waals surface area contributed by atoms with E-state index >= 15 is 0 Å². The molecule has 0 radical (unpaired) electrons. The SMILES string of the molecule is Cc1ccc(C)c(NC(=O)C(C)N(C)CC(=O)NCc2ccco2)c1. The summed E-state index contributed by atoms with van der Waals surface area (Å²) < 4.78 is 5.17. The summed E-state index contributed by atoms with van der Waals surface area (Å²) in [6.07, 6.45) is 1.56. The van der Waals surface area contributed by atoms with Crippen molar-refractivity contribution in [1.82, 2.24) is 10.2 Å². The largest absolute Gasteiger partial charge is 0.467 e. The normalized spacial score (nSPS) is 12.0. The molecule has 1 aromatic carbocycles. The van der Waals surface area contributed by atoms with Gasteiger partial charge in [0.05, 0.1) is 25.4 Å². The predicted octanol–water partition coefficient (Wildman–Crippen LogP) is 2.47. The van der Waals surface area contributed by atoms with Crippen LogP contribution >= 0.6 is 0 Å². The summed E-state index contributed by atoms with van der Waals surface area (Å²) in [5.41, 5.74) is 2.89. The van der Waals surface area contributed by atoms with E-state index in [2.05, 4.69) is 10.6 Å². The highest BCUT2D eigenvalue weighted by atomic mass is 16.3. The molecule has 0 aliphatic heterocycles. The van der Waals surface area contributed by atoms with Gasteiger partial charge in [-0.05, 0) is 57.1 Å². The fourth-order valence-electron chi connectivity index (χ4n) is 2.33. The van der Waals surface area contributed by atoms with Crippen molar-refractivity contribution in [2.24, 2.45) is 0 Å². The zero-order valence-electron chi connectivity index (χ0n) is 15.1. The summed E-state index contributed by atoms with van der Waals surface area (Å²) >= 11 is 0. The molecule has 2 aromatic rings. The maximum atomic E-state index is 12.4. The van der Waals surface area contributed by atoms with Crippen LogP contribution < -0.4 is 10.6 Å². The van der Waals surface area contributed by atoms with Gasteiger partial charge in [-0.2, -0.15) is 0 Å². The molecule has 1 aromatic heterocycles. The number of anilines is 1. The quantitative estimate of drug-likeness (QED) is 0.810. The summed E-state index contributed by atoms with van der Waals surface area (Å²) in [4.78, 5) is 26.2. The first-order valence-electron chi connectivity index (χ1n) is 8.24. The van der Waals surface area contributed by atoms with Crippen LogP contribution in [-0.2, 0) is 16.1 Å². The Hall–Kier alpha value is -2.60. The molecule has 6 heteroatoms. The Balaban J connectivity index is 1.85. The summed E-state index contributed by atoms with van der Waals surface area (Å²) in [6, 6.07) is 9.05. The number of nitrogens with zero attached hydrogens (tertiary/aromatic N) is 1. The van der Waals surface area contributed by atoms with E-state index in [1.807, 2.05) is 32.0 Å². The number of benzene rings is 1. The number of hydrogen-bond acceptors (Lipinski definition) is 4. The third-order valence-electron chi connectivity index (χ3n) is 4.12. The summed E-state index contributed by atoms with van der Waals surface area (Å²) in [5.74, 6) is 0.386. The topological polar surface area (TPSA) is 74.6 Å². The molecule has 2 rings (SSSR count). The fourth-order valence-corrected chi connectivity index (χ4v) is 2.33. The minimum atomic E-state index is -0.436. The Bertz CT molecular complexity index is 726. The Morgan fingerprint density at radius 3 is 2.68 bits per heavy atom. The van der Waals surface area contributed by atoms with Gasteiger partial charge in [-0.25, -0.2) is 0 Å². The number of carbonyl (C=O) groups is 2. The van der Waals surface area contributed by atoms with Crippen LogP contribution in [0.5, 0.6) is 0 Å². The predicted molar refractivity (Wildman–Crippen MR) is 97.2 cm³/mol. The van der Waals surface area contributed by atoms with Gasteiger partial charge in [0.2, 0.25) is 11.8 Å². The smallest absolute Gasteiger partial charge is 0.241 e. The van der Waals surface area contributed by atoms with Crippen molar-refractivity contribution in [3.63, 3.8) is 0 Å². The summed E-state index contributed by atoms with van der Waals surface area (Å²) in [6.45, 7) is 6.17. The van der Waals surface area contributed by atoms with Gasteiger partial charge < -0.3 is 15.1 Å². The van der Waals surface area contributed by atoms with Gasteiger partial charge in [0.1, 0.15) is 5.76 Å². The Morgan fingerprint density at radius 2 is 2.00 bits per heavy atom. The number of carbonyl (C=O) groups excluding carboxylic acids is 2. The Morgan fingerprint density at radius 1 is 1.24 bits per heavy atom. The lowest BCUT2D eigenvalue weighted by molar-refractivity contribution is -0.125. The number of amides is 2. The zero-order valence-corrected chi connectivity index (χ0v) is 15.1. The first-order chi connectivity index (χ1) is 11.9. The van der Waals surface area contributed by atoms with Gasteiger partial charge in [-0.3, -0.25) is 14.5 Å². The Kier molecular flexibility index (Phi) is 6.36. The summed E-state index contributed by atoms with van der Waals surface area (Å²) in [5, 5.41) is 5.70. The second kappa shape index (κ2) is 8.48. The molecule has 0 spiro atoms. The zero-order chi connectivity index (χ0) is 18.4. The van der Waals surface area contributed by atoms with Crippen LogP contribution in [0.4, 0.5) is 5.69 Å². The second-order valence-corrected chi connectivity index (χ2v) is 6.25. The van der Waals surface area contributed by atoms with Gasteiger partial charge in [0, 0.05) is 5.69 Å². The van der Waals surface area contributed by atoms with Gasteiger partial charge >= 0.3 is 0 Å². The van der Waals surface area contributed by atoms with Crippen LogP contribution in [0.3, 0.4) is 0 Å². The van der Waals surface area contributed by atoms with Gasteiger partial charge in [-0.15, -0.1) is 0 Å². The molecule has 2 amide bonds. The molecule has 25 heavy (non-hydrogen) atoms. The van der Waals surface area contributed by atoms with E-state index in [9.17, 15) is 9.59 Å². The summed E-state index contributed by atoms with van der Waals surface area (Å²) in [7, 11) is 1.75. The van der Waals surface area contributed by atoms with Crippen molar-refractivity contribution in [1.29, 1.82) is 0 Å². The monoisotopic (exact) mass is 343 g/mol. The lowest BCUT2D eigenvalue weighted by Gasteiger charge is -2.23. The third kappa shape index (κ3) is 5.46. The number of nitrogens with one attached hydrogen (secondary N) is 2. The molecule has 0 bridgehead atoms. The molecule has 1 heterocycles. The van der Waals surface area contributed by atoms with E-state index in [-0.39, 0.29) is 18.4 Å². The Labute approximate surface area is 148 Å². The maximum absolute atomic E-state index is 12.4. The standard InChI is InChI=1S/C19H25N3O3/c1-13-7-8-14(2)17(10-13)21-19(24)15(3)22(4)12-18(23)20-11-16-6-5-9-25-16/h5-10,15H,11-12H2,1-4H3,(H,20,23)(H,21,24). The number of aryl methyl sites for hydroxylation is 2. The number of likely N-dealkylation sites (N-methyl/N-ethyl adjacent to an activating group) is 1. The van der Waals surface area contributed by atoms with Crippen LogP contribution in [0.1, 0.15) is 23.8 Å². The molecular formula is C19H25N3O3. The highest BCUT2D eigenvalue weighted by Crippen LogP contribution is 2.17. The van der Waals surface area contributed by atoms with Crippen molar-refractivity contribution >= 4 is 17.5 Å². The minimum Gasteiger partial charge on any atom is -0.467 e. The van der Waals surface area contributed by atoms with Crippen molar-refractivity contribution < 1.29 is 14.0 Å². The molecule has 0 saturated carbocycles. The lowest BCUT2D eigenvalue weighted by Crippen LogP contribution is -2.44. The second-order valence-electron chi connectivity index (χ2n) is 6.25. The van der Waals surface area contributed by atoms with E-state index in [1.165, 1.54) is 0 Å². The maximum Gasteiger partial charge on any atom is 0.241 e. The van der Waals surface area contributed by atoms with Crippen LogP contribution in [0, 0.1) is 13.8 Å². The van der Waals surface area contributed by atoms with Crippen LogP contribution in [-0.4, -0.2) is 36.3 Å². The molecular weight excluding hydrogens is 318 g/mol. The molecule has 134 valence electrons. The molecule has 0 fully saturated rings. The highest BCUT2D eigenvalue weighted by Gasteiger charge is 2.20. The number of furan rings is 1. The van der Waals surface area contributed by atoms with Crippen molar-refractivity contribution in [3.8, 4) is 0 Å². The third-order valence-corrected chi connectivity index (χ3v) is 4.12. The van der Waals surface area contributed by atoms with Crippen LogP contribution in [0.15, 0.2) is 41.0 Å². The first-order valence-corrected chi connectivity index (χ1v) is 8.24. The average molecular weight is 343 g/mol. The molecule has 0 saturated heterocycles. The van der Waals surface area contributed by atoms with E-state index < -0.39 is 6.04 Å². The molecule has 1 unspecified atom stereocenters. The van der Waals surface area contributed by atoms with Gasteiger partial charge in [-0.1, -0.05) is 12.1 Å². The number of hydrogen-bond donors (Lipinski definition) is 2. The molecule has 1 atom stereocenters. The van der Waals surface area contributed by atoms with E-state index in [0.717, 1.165) is 16.8 Å². The van der Waals surface area contributed by atoms with E-state index in [4.69, 9.17) is 4.42 Å². The molecule has 6 nitrogen and oxygen atoms in total. The fraction of sp³-hybridized carbons (Fsp3) is 0.368. The van der Waals surface area contributed by atoms with Crippen molar-refractivity contribution in [2.45, 2.75) is 33.4 Å². The van der Waals surface area contributed by atoms with E-state index in [0.29, 0.717) is 12.3 Å². The average Bonchev–Trinajstić information content (AvgIpc) is 3.09. The molecule has 2 N–H and O–H groups in total. The van der Waals surface area contributed by atoms with Crippen molar-refractivity contribution in [3.05, 3.63) is 53.5 Å². The van der Waals surface area contributed by atoms with E-state index in [1.54, 1.807) is 37.3 Å². The lowest BCUT2D eigenvalue weighted by atomic mass is 10.1. The van der Waals surface area contributed by atoms with Gasteiger partial charge in [0.15, 0.2) is 0 Å². The van der Waals surface area contributed by atoms with Crippen molar-refractivity contribution in [2.75, 3.05) is 18.9 Å². The van der Waals surface area contributed by atoms with Crippen LogP contribution in [0.2, 0.25) is 0 Å². The molecule has 0 aliphatic carbocycles. The number of rotatable bonds is 7. The van der Waals surface area contributed by atoms with Crippen LogP contribution in [0.25, 0.3) is 0 Å².